The Morgan fingerprint density at radius 1 is 0.955 bits per heavy atom. The first-order chi connectivity index (χ1) is 31.9. The van der Waals surface area contributed by atoms with Crippen molar-refractivity contribution in [2.75, 3.05) is 67.3 Å². The number of ether oxygens (including phenoxy) is 6. The third kappa shape index (κ3) is 15.1. The van der Waals surface area contributed by atoms with Gasteiger partial charge < -0.3 is 59.3 Å². The van der Waals surface area contributed by atoms with Gasteiger partial charge in [0.15, 0.2) is 0 Å². The fourth-order valence-corrected chi connectivity index (χ4v) is 9.10. The lowest BCUT2D eigenvalue weighted by Crippen LogP contribution is -2.54. The maximum atomic E-state index is 13.6. The minimum Gasteiger partial charge on any atom is -0.464 e. The summed E-state index contributed by atoms with van der Waals surface area (Å²) in [6.45, 7) is 9.61. The van der Waals surface area contributed by atoms with Gasteiger partial charge in [-0.05, 0) is 30.4 Å². The Bertz CT molecular complexity index is 1990. The zero-order chi connectivity index (χ0) is 49.4. The monoisotopic (exact) mass is 963 g/mol. The number of imide groups is 1. The van der Waals surface area contributed by atoms with Crippen LogP contribution in [0.25, 0.3) is 10.1 Å². The molecule has 2 aliphatic rings. The first kappa shape index (κ1) is 54.9. The number of fused-ring (bicyclic) bond motifs is 1. The van der Waals surface area contributed by atoms with Gasteiger partial charge in [0.25, 0.3) is 11.8 Å². The Balaban J connectivity index is 1.39. The maximum Gasteiger partial charge on any atom is 0.410 e. The number of aliphatic hydroxyl groups excluding tert-OH is 3. The molecule has 1 aromatic carbocycles. The van der Waals surface area contributed by atoms with E-state index in [0.29, 0.717) is 27.8 Å². The molecule has 8 atom stereocenters. The van der Waals surface area contributed by atoms with Gasteiger partial charge >= 0.3 is 6.09 Å². The van der Waals surface area contributed by atoms with E-state index in [-0.39, 0.29) is 113 Å². The molecule has 20 nitrogen and oxygen atoms in total. The third-order valence-corrected chi connectivity index (χ3v) is 13.1. The van der Waals surface area contributed by atoms with Crippen molar-refractivity contribution in [3.63, 3.8) is 0 Å². The van der Waals surface area contributed by atoms with Crippen molar-refractivity contribution in [1.82, 2.24) is 25.3 Å². The van der Waals surface area contributed by atoms with Gasteiger partial charge in [0, 0.05) is 66.7 Å². The van der Waals surface area contributed by atoms with E-state index in [2.05, 4.69) is 17.6 Å². The van der Waals surface area contributed by atoms with Crippen LogP contribution in [0.2, 0.25) is 0 Å². The fraction of sp³-hybridized carbons (Fsp3) is 0.652. The smallest absolute Gasteiger partial charge is 0.410 e. The minimum atomic E-state index is -1.30. The molecule has 1 saturated heterocycles. The van der Waals surface area contributed by atoms with E-state index >= 15 is 0 Å². The van der Waals surface area contributed by atoms with Gasteiger partial charge in [-0.2, -0.15) is 0 Å². The maximum absolute atomic E-state index is 13.6. The average Bonchev–Trinajstić information content (AvgIpc) is 3.89. The highest BCUT2D eigenvalue weighted by Gasteiger charge is 2.38. The molecular weight excluding hydrogens is 895 g/mol. The van der Waals surface area contributed by atoms with Crippen LogP contribution in [0.4, 0.5) is 4.79 Å². The van der Waals surface area contributed by atoms with Crippen molar-refractivity contribution in [2.24, 2.45) is 11.8 Å². The van der Waals surface area contributed by atoms with Gasteiger partial charge in [-0.15, -0.1) is 11.3 Å². The molecule has 374 valence electrons. The summed E-state index contributed by atoms with van der Waals surface area (Å²) in [5.74, 6) is -1.71. The van der Waals surface area contributed by atoms with Crippen LogP contribution >= 0.6 is 11.3 Å². The molecular formula is C46H69N5O15S. The van der Waals surface area contributed by atoms with Crippen LogP contribution in [0.3, 0.4) is 0 Å². The second kappa shape index (κ2) is 26.7. The number of amides is 6. The van der Waals surface area contributed by atoms with Crippen LogP contribution < -0.4 is 15.4 Å². The predicted octanol–water partition coefficient (Wildman–Crippen LogP) is 2.08. The first-order valence-electron chi connectivity index (χ1n) is 22.7. The quantitative estimate of drug-likeness (QED) is 0.0635. The van der Waals surface area contributed by atoms with Gasteiger partial charge in [0.05, 0.1) is 70.9 Å². The summed E-state index contributed by atoms with van der Waals surface area (Å²) in [7, 11) is 4.79. The van der Waals surface area contributed by atoms with Crippen molar-refractivity contribution in [3.8, 4) is 5.75 Å². The van der Waals surface area contributed by atoms with Gasteiger partial charge in [-0.3, -0.25) is 33.8 Å². The second-order valence-corrected chi connectivity index (χ2v) is 18.1. The molecule has 2 aliphatic heterocycles. The Morgan fingerprint density at radius 2 is 1.64 bits per heavy atom. The van der Waals surface area contributed by atoms with Crippen molar-refractivity contribution in [2.45, 2.75) is 116 Å². The Morgan fingerprint density at radius 3 is 2.27 bits per heavy atom. The van der Waals surface area contributed by atoms with E-state index in [0.717, 1.165) is 16.2 Å². The van der Waals surface area contributed by atoms with Crippen LogP contribution in [-0.2, 0) is 60.8 Å². The summed E-state index contributed by atoms with van der Waals surface area (Å²) < 4.78 is 35.0. The van der Waals surface area contributed by atoms with E-state index in [1.54, 1.807) is 51.1 Å². The molecule has 4 rings (SSSR count). The summed E-state index contributed by atoms with van der Waals surface area (Å²) in [6.07, 6.45) is -1.63. The number of rotatable bonds is 27. The van der Waals surface area contributed by atoms with Crippen molar-refractivity contribution in [1.29, 1.82) is 0 Å². The summed E-state index contributed by atoms with van der Waals surface area (Å²) in [4.78, 5) is 81.2. The van der Waals surface area contributed by atoms with E-state index in [1.807, 2.05) is 13.8 Å². The Labute approximate surface area is 395 Å². The lowest BCUT2D eigenvalue weighted by Gasteiger charge is -2.37. The molecule has 1 fully saturated rings. The average molecular weight is 964 g/mol. The molecule has 5 N–H and O–H groups in total. The second-order valence-electron chi connectivity index (χ2n) is 16.9. The number of aliphatic hydroxyl groups is 3. The lowest BCUT2D eigenvalue weighted by atomic mass is 9.91. The normalized spacial score (nSPS) is 20.1. The van der Waals surface area contributed by atoms with E-state index < -0.39 is 49.3 Å². The molecule has 0 bridgehead atoms. The van der Waals surface area contributed by atoms with E-state index in [9.17, 15) is 44.1 Å². The van der Waals surface area contributed by atoms with Gasteiger partial charge in [-0.25, -0.2) is 4.79 Å². The highest BCUT2D eigenvalue weighted by atomic mass is 32.1. The molecule has 21 heteroatoms. The standard InChI is InChI=1S/C46H69N5O15S/c1-9-28(5)42(33(10-2)61-8)49(6)39(57)24-48-45(59)41(27(3)4)50(7)46(60)64-26-29-11-12-34(65-40-22-32(53)43(58)35(25-52)66-40)31-21-30(67-44(29)31)23-47-36(54)15-17-62-19-20-63-18-16-51-37(55)13-14-38(51)56/h11-14,21,27-28,32-33,35,40-43,52-53,58H,9-10,15-20,22-26H2,1-8H3,(H,47,54)(H,48,59). The van der Waals surface area contributed by atoms with Gasteiger partial charge in [0.2, 0.25) is 24.0 Å². The van der Waals surface area contributed by atoms with E-state index in [1.165, 1.54) is 35.4 Å². The largest absolute Gasteiger partial charge is 0.464 e. The molecule has 2 aromatic rings. The molecule has 6 amide bonds. The van der Waals surface area contributed by atoms with Crippen molar-refractivity contribution in [3.05, 3.63) is 40.8 Å². The number of hydrogen-bond donors (Lipinski definition) is 5. The first-order valence-corrected chi connectivity index (χ1v) is 23.5. The number of carbonyl (C=O) groups is 6. The number of methoxy groups -OCH3 is 1. The van der Waals surface area contributed by atoms with Crippen LogP contribution in [0.1, 0.15) is 70.7 Å². The molecule has 0 radical (unpaired) electrons. The molecule has 0 saturated carbocycles. The zero-order valence-corrected chi connectivity index (χ0v) is 40.6. The summed E-state index contributed by atoms with van der Waals surface area (Å²) in [5.41, 5.74) is 0.585. The highest BCUT2D eigenvalue weighted by molar-refractivity contribution is 7.19. The van der Waals surface area contributed by atoms with Crippen LogP contribution in [0.15, 0.2) is 30.4 Å². The topological polar surface area (TPSA) is 252 Å². The molecule has 0 spiro atoms. The number of carbonyl (C=O) groups excluding carboxylic acids is 6. The van der Waals surface area contributed by atoms with Crippen LogP contribution in [0.5, 0.6) is 5.75 Å². The fourth-order valence-electron chi connectivity index (χ4n) is 7.99. The number of nitrogens with one attached hydrogen (secondary N) is 2. The predicted molar refractivity (Wildman–Crippen MR) is 245 cm³/mol. The number of thiophene rings is 1. The lowest BCUT2D eigenvalue weighted by molar-refractivity contribution is -0.229. The number of benzene rings is 1. The van der Waals surface area contributed by atoms with E-state index in [4.69, 9.17) is 28.4 Å². The summed E-state index contributed by atoms with van der Waals surface area (Å²) in [5, 5.41) is 36.6. The molecule has 1 aromatic heterocycles. The van der Waals surface area contributed by atoms with Crippen molar-refractivity contribution < 1.29 is 72.5 Å². The Kier molecular flexibility index (Phi) is 21.9. The third-order valence-electron chi connectivity index (χ3n) is 11.9. The Hall–Kier alpha value is -4.74. The molecule has 67 heavy (non-hydrogen) atoms. The zero-order valence-electron chi connectivity index (χ0n) is 39.8. The summed E-state index contributed by atoms with van der Waals surface area (Å²) in [6, 6.07) is 3.97. The number of hydrogen-bond acceptors (Lipinski definition) is 16. The number of nitrogens with zero attached hydrogens (tertiary/aromatic N) is 3. The molecule has 3 heterocycles. The van der Waals surface area contributed by atoms with Crippen molar-refractivity contribution >= 4 is 57.1 Å². The number of likely N-dealkylation sites (N-methyl/N-ethyl adjacent to an activating group) is 2. The molecule has 0 aliphatic carbocycles. The van der Waals surface area contributed by atoms with Gasteiger partial charge in [-0.1, -0.05) is 47.1 Å². The van der Waals surface area contributed by atoms with Crippen LogP contribution in [0, 0.1) is 11.8 Å². The minimum absolute atomic E-state index is 0.0604. The van der Waals surface area contributed by atoms with Crippen LogP contribution in [-0.4, -0.2) is 176 Å². The molecule has 8 unspecified atom stereocenters. The van der Waals surface area contributed by atoms with Gasteiger partial charge in [0.1, 0.15) is 30.6 Å². The SMILES string of the molecule is CCC(C)C(C(CC)OC)N(C)C(=O)CNC(=O)C(C(C)C)N(C)C(=O)OCc1ccc(OC2CC(O)C(O)C(CO)O2)c2cc(CNC(=O)CCOCCOCCN3C(=O)C=CC3=O)sc12. The summed E-state index contributed by atoms with van der Waals surface area (Å²) >= 11 is 1.32. The highest BCUT2D eigenvalue weighted by Crippen LogP contribution is 2.38.